The summed E-state index contributed by atoms with van der Waals surface area (Å²) in [5, 5.41) is 18.0. The van der Waals surface area contributed by atoms with Crippen LogP contribution in [0.3, 0.4) is 0 Å². The first-order chi connectivity index (χ1) is 12.8. The van der Waals surface area contributed by atoms with Gasteiger partial charge in [-0.3, -0.25) is 0 Å². The number of benzene rings is 1. The highest BCUT2D eigenvalue weighted by Crippen LogP contribution is 2.36. The van der Waals surface area contributed by atoms with Crippen LogP contribution in [0.4, 0.5) is 0 Å². The molecular formula is C20H23N3O3S. The van der Waals surface area contributed by atoms with E-state index in [4.69, 9.17) is 9.68 Å². The number of rotatable bonds is 5. The van der Waals surface area contributed by atoms with E-state index in [9.17, 15) is 8.42 Å². The fourth-order valence-electron chi connectivity index (χ4n) is 3.38. The number of nitrogens with zero attached hydrogens (tertiary/aromatic N) is 3. The van der Waals surface area contributed by atoms with E-state index >= 15 is 0 Å². The van der Waals surface area contributed by atoms with Gasteiger partial charge in [-0.25, -0.2) is 8.42 Å². The van der Waals surface area contributed by atoms with Crippen molar-refractivity contribution in [3.63, 3.8) is 0 Å². The van der Waals surface area contributed by atoms with E-state index in [1.165, 1.54) is 31.4 Å². The van der Waals surface area contributed by atoms with Gasteiger partial charge in [0, 0.05) is 17.4 Å². The molecule has 1 saturated carbocycles. The zero-order valence-electron chi connectivity index (χ0n) is 15.6. The number of aromatic nitrogens is 2. The van der Waals surface area contributed by atoms with Crippen molar-refractivity contribution in [1.82, 2.24) is 10.2 Å². The lowest BCUT2D eigenvalue weighted by atomic mass is 9.84. The van der Waals surface area contributed by atoms with Gasteiger partial charge in [0.1, 0.15) is 0 Å². The summed E-state index contributed by atoms with van der Waals surface area (Å²) in [6.07, 6.45) is 6.79. The zero-order valence-corrected chi connectivity index (χ0v) is 16.4. The molecule has 0 amide bonds. The quantitative estimate of drug-likeness (QED) is 0.714. The van der Waals surface area contributed by atoms with E-state index in [1.807, 2.05) is 13.8 Å². The molecule has 1 heterocycles. The summed E-state index contributed by atoms with van der Waals surface area (Å²) in [6.45, 7) is 3.95. The van der Waals surface area contributed by atoms with E-state index < -0.39 is 15.3 Å². The van der Waals surface area contributed by atoms with Crippen molar-refractivity contribution >= 4 is 9.84 Å². The van der Waals surface area contributed by atoms with Crippen molar-refractivity contribution in [3.05, 3.63) is 53.1 Å². The Morgan fingerprint density at radius 2 is 1.81 bits per heavy atom. The minimum Gasteiger partial charge on any atom is -0.424 e. The fourth-order valence-corrected chi connectivity index (χ4v) is 4.30. The number of hydrogen-bond donors (Lipinski definition) is 0. The summed E-state index contributed by atoms with van der Waals surface area (Å²) in [7, 11) is -3.61. The molecule has 0 atom stereocenters. The highest BCUT2D eigenvalue weighted by Gasteiger charge is 2.31. The Kier molecular flexibility index (Phi) is 5.47. The molecule has 1 fully saturated rings. The van der Waals surface area contributed by atoms with E-state index in [-0.39, 0.29) is 4.90 Å². The van der Waals surface area contributed by atoms with Crippen LogP contribution in [-0.2, 0) is 15.3 Å². The summed E-state index contributed by atoms with van der Waals surface area (Å²) in [6, 6.07) is 8.26. The van der Waals surface area contributed by atoms with Crippen molar-refractivity contribution < 1.29 is 12.8 Å². The maximum atomic E-state index is 12.1. The topological polar surface area (TPSA) is 96.8 Å². The normalized spacial score (nSPS) is 16.5. The number of sulfone groups is 1. The summed E-state index contributed by atoms with van der Waals surface area (Å²) in [4.78, 5) is 0.141. The van der Waals surface area contributed by atoms with Gasteiger partial charge in [0.05, 0.1) is 16.4 Å². The van der Waals surface area contributed by atoms with Crippen molar-refractivity contribution in [2.24, 2.45) is 0 Å². The third-order valence-electron chi connectivity index (χ3n) is 5.16. The first kappa shape index (κ1) is 19.3. The standard InChI is InChI=1S/C20H23N3O3S/c1-20(2,19-23-22-18(26-19)15-7-4-3-5-8-15)16-9-11-17(12-10-16)27(24,25)14-6-13-21/h6,9-12,14-15H,3-5,7-8H2,1-2H3. The van der Waals surface area contributed by atoms with Gasteiger partial charge < -0.3 is 4.42 Å². The highest BCUT2D eigenvalue weighted by atomic mass is 32.2. The van der Waals surface area contributed by atoms with E-state index in [1.54, 1.807) is 18.2 Å². The van der Waals surface area contributed by atoms with Crippen molar-refractivity contribution in [2.45, 2.75) is 62.2 Å². The molecule has 7 heteroatoms. The lowest BCUT2D eigenvalue weighted by Gasteiger charge is -2.21. The zero-order chi connectivity index (χ0) is 19.5. The second kappa shape index (κ2) is 7.65. The third kappa shape index (κ3) is 4.11. The Balaban J connectivity index is 1.84. The lowest BCUT2D eigenvalue weighted by molar-refractivity contribution is 0.330. The largest absolute Gasteiger partial charge is 0.424 e. The monoisotopic (exact) mass is 385 g/mol. The maximum absolute atomic E-state index is 12.1. The molecular weight excluding hydrogens is 362 g/mol. The van der Waals surface area contributed by atoms with Crippen LogP contribution in [-0.4, -0.2) is 18.6 Å². The Bertz CT molecular complexity index is 961. The molecule has 1 aliphatic rings. The predicted octanol–water partition coefficient (Wildman–Crippen LogP) is 4.25. The summed E-state index contributed by atoms with van der Waals surface area (Å²) >= 11 is 0. The Morgan fingerprint density at radius 1 is 1.15 bits per heavy atom. The van der Waals surface area contributed by atoms with E-state index in [0.717, 1.165) is 29.9 Å². The van der Waals surface area contributed by atoms with Crippen molar-refractivity contribution in [1.29, 1.82) is 5.26 Å². The SMILES string of the molecule is CC(C)(c1ccc(S(=O)(=O)C=CC#N)cc1)c1nnc(C2CCCCC2)o1. The molecule has 0 spiro atoms. The van der Waals surface area contributed by atoms with Gasteiger partial charge in [0.25, 0.3) is 0 Å². The molecule has 1 aromatic carbocycles. The number of allylic oxidation sites excluding steroid dienone is 1. The molecule has 1 aliphatic carbocycles. The molecule has 0 aliphatic heterocycles. The smallest absolute Gasteiger partial charge is 0.226 e. The summed E-state index contributed by atoms with van der Waals surface area (Å²) in [5.74, 6) is 1.58. The molecule has 0 unspecified atom stereocenters. The second-order valence-corrected chi connectivity index (χ2v) is 9.24. The van der Waals surface area contributed by atoms with Crippen LogP contribution in [0.15, 0.2) is 45.1 Å². The molecule has 0 N–H and O–H groups in total. The van der Waals surface area contributed by atoms with Gasteiger partial charge in [-0.1, -0.05) is 31.4 Å². The van der Waals surface area contributed by atoms with Gasteiger partial charge >= 0.3 is 0 Å². The van der Waals surface area contributed by atoms with Crippen LogP contribution >= 0.6 is 0 Å². The molecule has 0 saturated heterocycles. The molecule has 27 heavy (non-hydrogen) atoms. The molecule has 3 rings (SSSR count). The molecule has 2 aromatic rings. The Morgan fingerprint density at radius 3 is 2.44 bits per heavy atom. The van der Waals surface area contributed by atoms with Crippen LogP contribution in [0.5, 0.6) is 0 Å². The number of nitriles is 1. The highest BCUT2D eigenvalue weighted by molar-refractivity contribution is 7.94. The van der Waals surface area contributed by atoms with Gasteiger partial charge in [-0.05, 0) is 44.4 Å². The van der Waals surface area contributed by atoms with Gasteiger partial charge in [-0.2, -0.15) is 5.26 Å². The minimum atomic E-state index is -3.61. The van der Waals surface area contributed by atoms with Crippen LogP contribution < -0.4 is 0 Å². The molecule has 6 nitrogen and oxygen atoms in total. The maximum Gasteiger partial charge on any atom is 0.226 e. The van der Waals surface area contributed by atoms with E-state index in [0.29, 0.717) is 17.7 Å². The second-order valence-electron chi connectivity index (χ2n) is 7.41. The van der Waals surface area contributed by atoms with Crippen molar-refractivity contribution in [3.8, 4) is 6.07 Å². The summed E-state index contributed by atoms with van der Waals surface area (Å²) in [5.41, 5.74) is 0.342. The predicted molar refractivity (Wildman–Crippen MR) is 101 cm³/mol. The lowest BCUT2D eigenvalue weighted by Crippen LogP contribution is -2.19. The molecule has 1 aromatic heterocycles. The molecule has 142 valence electrons. The van der Waals surface area contributed by atoms with Crippen LogP contribution in [0.25, 0.3) is 0 Å². The van der Waals surface area contributed by atoms with Gasteiger partial charge in [0.2, 0.25) is 21.6 Å². The first-order valence-electron chi connectivity index (χ1n) is 9.10. The van der Waals surface area contributed by atoms with Crippen LogP contribution in [0, 0.1) is 11.3 Å². The summed E-state index contributed by atoms with van der Waals surface area (Å²) < 4.78 is 30.2. The molecule has 0 radical (unpaired) electrons. The van der Waals surface area contributed by atoms with Crippen molar-refractivity contribution in [2.75, 3.05) is 0 Å². The van der Waals surface area contributed by atoms with Gasteiger partial charge in [0.15, 0.2) is 0 Å². The Labute approximate surface area is 159 Å². The van der Waals surface area contributed by atoms with Crippen LogP contribution in [0.2, 0.25) is 0 Å². The first-order valence-corrected chi connectivity index (χ1v) is 10.6. The van der Waals surface area contributed by atoms with E-state index in [2.05, 4.69) is 10.2 Å². The average molecular weight is 385 g/mol. The molecule has 0 bridgehead atoms. The van der Waals surface area contributed by atoms with Crippen LogP contribution in [0.1, 0.15) is 69.2 Å². The third-order valence-corrected chi connectivity index (χ3v) is 6.58. The Hall–Kier alpha value is -2.46. The minimum absolute atomic E-state index is 0.141. The fraction of sp³-hybridized carbons (Fsp3) is 0.450. The average Bonchev–Trinajstić information content (AvgIpc) is 3.18. The van der Waals surface area contributed by atoms with Gasteiger partial charge in [-0.15, -0.1) is 10.2 Å². The number of hydrogen-bond acceptors (Lipinski definition) is 6.